The highest BCUT2D eigenvalue weighted by Gasteiger charge is 2.51. The van der Waals surface area contributed by atoms with Gasteiger partial charge in [0.2, 0.25) is 0 Å². The van der Waals surface area contributed by atoms with Gasteiger partial charge < -0.3 is 15.6 Å². The molecule has 3 N–H and O–H groups in total. The molecule has 1 heterocycles. The van der Waals surface area contributed by atoms with Gasteiger partial charge in [0.15, 0.2) is 0 Å². The van der Waals surface area contributed by atoms with Crippen molar-refractivity contribution in [2.45, 2.75) is 25.0 Å². The Bertz CT molecular complexity index is 265. The molecule has 4 unspecified atom stereocenters. The van der Waals surface area contributed by atoms with E-state index in [1.165, 1.54) is 0 Å². The largest absolute Gasteiger partial charge is 0.481 e. The van der Waals surface area contributed by atoms with E-state index in [0.717, 1.165) is 0 Å². The third kappa shape index (κ3) is 1.19. The van der Waals surface area contributed by atoms with Gasteiger partial charge in [-0.25, -0.2) is 0 Å². The number of ether oxygens (including phenoxy) is 1. The van der Waals surface area contributed by atoms with Crippen molar-refractivity contribution in [2.75, 3.05) is 0 Å². The first-order chi connectivity index (χ1) is 6.09. The minimum atomic E-state index is -0.918. The van der Waals surface area contributed by atoms with E-state index in [0.29, 0.717) is 6.42 Å². The minimum Gasteiger partial charge on any atom is -0.481 e. The quantitative estimate of drug-likeness (QED) is 0.530. The van der Waals surface area contributed by atoms with Crippen LogP contribution in [0.2, 0.25) is 0 Å². The van der Waals surface area contributed by atoms with Gasteiger partial charge in [-0.2, -0.15) is 0 Å². The van der Waals surface area contributed by atoms with Gasteiger partial charge in [0, 0.05) is 18.4 Å². The van der Waals surface area contributed by atoms with Crippen molar-refractivity contribution in [3.05, 3.63) is 0 Å². The summed E-state index contributed by atoms with van der Waals surface area (Å²) < 4.78 is 4.95. The van der Waals surface area contributed by atoms with Crippen LogP contribution in [-0.4, -0.2) is 29.2 Å². The molecule has 2 rings (SSSR count). The summed E-state index contributed by atoms with van der Waals surface area (Å²) in [5.74, 6) is -2.04. The van der Waals surface area contributed by atoms with Crippen LogP contribution in [0.15, 0.2) is 0 Å². The number of aliphatic carboxylic acids is 1. The van der Waals surface area contributed by atoms with E-state index in [-0.39, 0.29) is 30.5 Å². The molecular formula is C8H11NO4. The number of carboxylic acid groups (broad SMARTS) is 1. The van der Waals surface area contributed by atoms with Gasteiger partial charge in [0.05, 0.1) is 12.3 Å². The normalized spacial score (nSPS) is 43.0. The maximum Gasteiger partial charge on any atom is 0.308 e. The fourth-order valence-electron chi connectivity index (χ4n) is 2.31. The first kappa shape index (κ1) is 8.50. The van der Waals surface area contributed by atoms with Crippen LogP contribution in [0.1, 0.15) is 12.8 Å². The van der Waals surface area contributed by atoms with Crippen molar-refractivity contribution in [3.63, 3.8) is 0 Å². The Hall–Kier alpha value is -1.10. The second kappa shape index (κ2) is 2.70. The van der Waals surface area contributed by atoms with Gasteiger partial charge in [-0.3, -0.25) is 9.59 Å². The number of esters is 1. The SMILES string of the molecule is NC1CC2OC(=O)CC2C1C(=O)O. The molecule has 72 valence electrons. The Morgan fingerprint density at radius 3 is 2.92 bits per heavy atom. The summed E-state index contributed by atoms with van der Waals surface area (Å²) in [5, 5.41) is 8.87. The molecule has 5 heteroatoms. The Labute approximate surface area is 74.9 Å². The van der Waals surface area contributed by atoms with Gasteiger partial charge >= 0.3 is 11.9 Å². The standard InChI is InChI=1S/C8H11NO4/c9-4-2-5-3(1-6(10)13-5)7(4)8(11)12/h3-5,7H,1-2,9H2,(H,11,12). The lowest BCUT2D eigenvalue weighted by Crippen LogP contribution is -2.34. The molecule has 0 aromatic heterocycles. The van der Waals surface area contributed by atoms with E-state index in [2.05, 4.69) is 0 Å². The van der Waals surface area contributed by atoms with E-state index in [1.54, 1.807) is 0 Å². The van der Waals surface area contributed by atoms with Crippen molar-refractivity contribution in [1.82, 2.24) is 0 Å². The van der Waals surface area contributed by atoms with Gasteiger partial charge in [0.25, 0.3) is 0 Å². The molecule has 5 nitrogen and oxygen atoms in total. The summed E-state index contributed by atoms with van der Waals surface area (Å²) in [6, 6.07) is -0.374. The number of carbonyl (C=O) groups is 2. The number of fused-ring (bicyclic) bond motifs is 1. The highest BCUT2D eigenvalue weighted by atomic mass is 16.6. The van der Waals surface area contributed by atoms with Crippen molar-refractivity contribution in [1.29, 1.82) is 0 Å². The van der Waals surface area contributed by atoms with Crippen LogP contribution in [0.5, 0.6) is 0 Å². The van der Waals surface area contributed by atoms with Crippen molar-refractivity contribution in [3.8, 4) is 0 Å². The number of nitrogens with two attached hydrogens (primary N) is 1. The first-order valence-electron chi connectivity index (χ1n) is 4.27. The highest BCUT2D eigenvalue weighted by Crippen LogP contribution is 2.40. The molecule has 2 aliphatic rings. The molecule has 0 spiro atoms. The third-order valence-electron chi connectivity index (χ3n) is 2.87. The summed E-state index contributed by atoms with van der Waals surface area (Å²) in [6.45, 7) is 0. The van der Waals surface area contributed by atoms with E-state index >= 15 is 0 Å². The Morgan fingerprint density at radius 1 is 1.62 bits per heavy atom. The molecule has 0 bridgehead atoms. The Kier molecular flexibility index (Phi) is 1.76. The van der Waals surface area contributed by atoms with Gasteiger partial charge in [0.1, 0.15) is 6.10 Å². The highest BCUT2D eigenvalue weighted by molar-refractivity contribution is 5.77. The van der Waals surface area contributed by atoms with Crippen LogP contribution in [0.4, 0.5) is 0 Å². The maximum absolute atomic E-state index is 10.9. The fraction of sp³-hybridized carbons (Fsp3) is 0.750. The van der Waals surface area contributed by atoms with Gasteiger partial charge in [-0.05, 0) is 0 Å². The van der Waals surface area contributed by atoms with Crippen LogP contribution >= 0.6 is 0 Å². The monoisotopic (exact) mass is 185 g/mol. The molecule has 0 radical (unpaired) electrons. The van der Waals surface area contributed by atoms with Crippen LogP contribution in [0.25, 0.3) is 0 Å². The second-order valence-electron chi connectivity index (χ2n) is 3.66. The average molecular weight is 185 g/mol. The minimum absolute atomic E-state index is 0.204. The number of hydrogen-bond donors (Lipinski definition) is 2. The van der Waals surface area contributed by atoms with E-state index < -0.39 is 11.9 Å². The summed E-state index contributed by atoms with van der Waals surface area (Å²) in [7, 11) is 0. The number of carbonyl (C=O) groups excluding carboxylic acids is 1. The van der Waals surface area contributed by atoms with Crippen molar-refractivity contribution < 1.29 is 19.4 Å². The molecule has 13 heavy (non-hydrogen) atoms. The fourth-order valence-corrected chi connectivity index (χ4v) is 2.31. The molecule has 1 aliphatic heterocycles. The molecular weight excluding hydrogens is 174 g/mol. The van der Waals surface area contributed by atoms with Crippen LogP contribution in [0.3, 0.4) is 0 Å². The van der Waals surface area contributed by atoms with Crippen LogP contribution < -0.4 is 5.73 Å². The molecule has 0 aromatic carbocycles. The summed E-state index contributed by atoms with van der Waals surface area (Å²) >= 11 is 0. The Morgan fingerprint density at radius 2 is 2.31 bits per heavy atom. The lowest BCUT2D eigenvalue weighted by molar-refractivity contribution is -0.143. The lowest BCUT2D eigenvalue weighted by Gasteiger charge is -2.13. The first-order valence-corrected chi connectivity index (χ1v) is 4.27. The zero-order chi connectivity index (χ0) is 9.59. The van der Waals surface area contributed by atoms with E-state index in [4.69, 9.17) is 15.6 Å². The summed E-state index contributed by atoms with van der Waals surface area (Å²) in [6.07, 6.45) is 0.423. The van der Waals surface area contributed by atoms with Crippen LogP contribution in [0, 0.1) is 11.8 Å². The van der Waals surface area contributed by atoms with Gasteiger partial charge in [-0.1, -0.05) is 0 Å². The molecule has 1 aliphatic carbocycles. The van der Waals surface area contributed by atoms with E-state index in [9.17, 15) is 9.59 Å². The van der Waals surface area contributed by atoms with Crippen LogP contribution in [-0.2, 0) is 14.3 Å². The predicted octanol–water partition coefficient (Wildman–Crippen LogP) is -0.650. The van der Waals surface area contributed by atoms with Gasteiger partial charge in [-0.15, -0.1) is 0 Å². The zero-order valence-electron chi connectivity index (χ0n) is 6.97. The smallest absolute Gasteiger partial charge is 0.308 e. The molecule has 0 amide bonds. The van der Waals surface area contributed by atoms with Crippen molar-refractivity contribution in [2.24, 2.45) is 17.6 Å². The second-order valence-corrected chi connectivity index (χ2v) is 3.66. The molecule has 1 saturated heterocycles. The third-order valence-corrected chi connectivity index (χ3v) is 2.87. The maximum atomic E-state index is 10.9. The Balaban J connectivity index is 2.19. The lowest BCUT2D eigenvalue weighted by atomic mass is 9.92. The molecule has 4 atom stereocenters. The molecule has 1 saturated carbocycles. The number of hydrogen-bond acceptors (Lipinski definition) is 4. The molecule has 0 aromatic rings. The topological polar surface area (TPSA) is 89.6 Å². The molecule has 2 fully saturated rings. The van der Waals surface area contributed by atoms with Crippen molar-refractivity contribution >= 4 is 11.9 Å². The predicted molar refractivity (Wildman–Crippen MR) is 41.7 cm³/mol. The van der Waals surface area contributed by atoms with E-state index in [1.807, 2.05) is 0 Å². The summed E-state index contributed by atoms with van der Waals surface area (Å²) in [5.41, 5.74) is 5.64. The number of rotatable bonds is 1. The number of carboxylic acids is 1. The average Bonchev–Trinajstić information content (AvgIpc) is 2.41. The zero-order valence-corrected chi connectivity index (χ0v) is 6.97. The summed E-state index contributed by atoms with van der Waals surface area (Å²) in [4.78, 5) is 21.7.